The SMILES string of the molecule is O=C(Cc1noc2ccccc12)NCc1coc(-c2ccccc2)n1. The highest BCUT2D eigenvalue weighted by molar-refractivity contribution is 5.86. The van der Waals surface area contributed by atoms with Gasteiger partial charge < -0.3 is 14.3 Å². The molecule has 0 aliphatic rings. The largest absolute Gasteiger partial charge is 0.444 e. The van der Waals surface area contributed by atoms with E-state index in [9.17, 15) is 4.79 Å². The van der Waals surface area contributed by atoms with Crippen molar-refractivity contribution in [3.8, 4) is 11.5 Å². The fourth-order valence-corrected chi connectivity index (χ4v) is 2.57. The van der Waals surface area contributed by atoms with Crippen LogP contribution in [0.2, 0.25) is 0 Å². The molecule has 0 aliphatic carbocycles. The normalized spacial score (nSPS) is 10.9. The molecule has 0 saturated heterocycles. The summed E-state index contributed by atoms with van der Waals surface area (Å²) in [5.41, 5.74) is 2.86. The maximum atomic E-state index is 12.2. The van der Waals surface area contributed by atoms with E-state index in [0.29, 0.717) is 29.4 Å². The molecule has 0 saturated carbocycles. The minimum Gasteiger partial charge on any atom is -0.444 e. The molecule has 6 heteroatoms. The molecule has 2 aromatic heterocycles. The van der Waals surface area contributed by atoms with E-state index in [0.717, 1.165) is 10.9 Å². The van der Waals surface area contributed by atoms with E-state index in [4.69, 9.17) is 8.94 Å². The van der Waals surface area contributed by atoms with E-state index in [1.54, 1.807) is 6.26 Å². The third-order valence-electron chi connectivity index (χ3n) is 3.82. The molecule has 0 fully saturated rings. The van der Waals surface area contributed by atoms with Crippen molar-refractivity contribution in [2.75, 3.05) is 0 Å². The molecule has 0 aliphatic heterocycles. The van der Waals surface area contributed by atoms with Gasteiger partial charge in [0.1, 0.15) is 12.0 Å². The highest BCUT2D eigenvalue weighted by atomic mass is 16.5. The van der Waals surface area contributed by atoms with E-state index in [1.165, 1.54) is 0 Å². The zero-order valence-corrected chi connectivity index (χ0v) is 13.3. The summed E-state index contributed by atoms with van der Waals surface area (Å²) in [6.45, 7) is 0.297. The summed E-state index contributed by atoms with van der Waals surface area (Å²) in [7, 11) is 0. The van der Waals surface area contributed by atoms with Gasteiger partial charge in [-0.25, -0.2) is 4.98 Å². The van der Waals surface area contributed by atoms with Gasteiger partial charge in [-0.15, -0.1) is 0 Å². The van der Waals surface area contributed by atoms with Crippen molar-refractivity contribution in [3.05, 3.63) is 72.2 Å². The zero-order chi connectivity index (χ0) is 17.1. The predicted molar refractivity (Wildman–Crippen MR) is 91.5 cm³/mol. The zero-order valence-electron chi connectivity index (χ0n) is 13.3. The van der Waals surface area contributed by atoms with Gasteiger partial charge in [0.05, 0.1) is 18.7 Å². The molecule has 25 heavy (non-hydrogen) atoms. The number of carbonyl (C=O) groups excluding carboxylic acids is 1. The van der Waals surface area contributed by atoms with Gasteiger partial charge in [0, 0.05) is 10.9 Å². The first-order chi connectivity index (χ1) is 12.3. The van der Waals surface area contributed by atoms with Crippen LogP contribution >= 0.6 is 0 Å². The van der Waals surface area contributed by atoms with Crippen LogP contribution in [0.25, 0.3) is 22.4 Å². The number of hydrogen-bond donors (Lipinski definition) is 1. The third kappa shape index (κ3) is 3.28. The molecule has 2 aromatic carbocycles. The lowest BCUT2D eigenvalue weighted by Crippen LogP contribution is -2.24. The Morgan fingerprint density at radius 3 is 2.72 bits per heavy atom. The number of rotatable bonds is 5. The summed E-state index contributed by atoms with van der Waals surface area (Å²) >= 11 is 0. The quantitative estimate of drug-likeness (QED) is 0.606. The van der Waals surface area contributed by atoms with Crippen molar-refractivity contribution in [1.82, 2.24) is 15.5 Å². The number of nitrogens with zero attached hydrogens (tertiary/aromatic N) is 2. The Kier molecular flexibility index (Phi) is 4.00. The van der Waals surface area contributed by atoms with Crippen LogP contribution in [0.5, 0.6) is 0 Å². The highest BCUT2D eigenvalue weighted by Crippen LogP contribution is 2.19. The fourth-order valence-electron chi connectivity index (χ4n) is 2.57. The Bertz CT molecular complexity index is 1000. The molecular formula is C19H15N3O3. The number of benzene rings is 2. The molecule has 0 atom stereocenters. The summed E-state index contributed by atoms with van der Waals surface area (Å²) in [4.78, 5) is 16.5. The molecule has 4 aromatic rings. The Morgan fingerprint density at radius 2 is 1.84 bits per heavy atom. The van der Waals surface area contributed by atoms with Crippen LogP contribution in [0, 0.1) is 0 Å². The number of oxazole rings is 1. The van der Waals surface area contributed by atoms with Crippen molar-refractivity contribution in [2.45, 2.75) is 13.0 Å². The first kappa shape index (κ1) is 15.1. The van der Waals surface area contributed by atoms with Crippen molar-refractivity contribution in [1.29, 1.82) is 0 Å². The first-order valence-electron chi connectivity index (χ1n) is 7.89. The average Bonchev–Trinajstić information content (AvgIpc) is 3.28. The van der Waals surface area contributed by atoms with Gasteiger partial charge in [-0.2, -0.15) is 0 Å². The van der Waals surface area contributed by atoms with Crippen LogP contribution in [-0.2, 0) is 17.8 Å². The Hall–Kier alpha value is -3.41. The van der Waals surface area contributed by atoms with Crippen molar-refractivity contribution in [2.24, 2.45) is 0 Å². The van der Waals surface area contributed by atoms with E-state index < -0.39 is 0 Å². The van der Waals surface area contributed by atoms with E-state index in [2.05, 4.69) is 15.5 Å². The maximum Gasteiger partial charge on any atom is 0.226 e. The molecule has 4 rings (SSSR count). The smallest absolute Gasteiger partial charge is 0.226 e. The summed E-state index contributed by atoms with van der Waals surface area (Å²) in [6, 6.07) is 17.1. The highest BCUT2D eigenvalue weighted by Gasteiger charge is 2.13. The second kappa shape index (κ2) is 6.60. The van der Waals surface area contributed by atoms with E-state index in [-0.39, 0.29) is 12.3 Å². The second-order valence-electron chi connectivity index (χ2n) is 5.59. The molecular weight excluding hydrogens is 318 g/mol. The average molecular weight is 333 g/mol. The van der Waals surface area contributed by atoms with Crippen molar-refractivity contribution >= 4 is 16.9 Å². The van der Waals surface area contributed by atoms with Crippen LogP contribution in [0.1, 0.15) is 11.4 Å². The van der Waals surface area contributed by atoms with Crippen molar-refractivity contribution < 1.29 is 13.7 Å². The number of amides is 1. The Balaban J connectivity index is 1.38. The molecule has 1 N–H and O–H groups in total. The van der Waals surface area contributed by atoms with Gasteiger partial charge in [-0.05, 0) is 24.3 Å². The van der Waals surface area contributed by atoms with Crippen molar-refractivity contribution in [3.63, 3.8) is 0 Å². The van der Waals surface area contributed by atoms with Crippen LogP contribution < -0.4 is 5.32 Å². The number of nitrogens with one attached hydrogen (secondary N) is 1. The third-order valence-corrected chi connectivity index (χ3v) is 3.82. The molecule has 0 unspecified atom stereocenters. The van der Waals surface area contributed by atoms with Gasteiger partial charge in [-0.1, -0.05) is 35.5 Å². The van der Waals surface area contributed by atoms with Gasteiger partial charge in [-0.3, -0.25) is 4.79 Å². The van der Waals surface area contributed by atoms with E-state index >= 15 is 0 Å². The van der Waals surface area contributed by atoms with Crippen LogP contribution in [-0.4, -0.2) is 16.0 Å². The molecule has 0 bridgehead atoms. The monoisotopic (exact) mass is 333 g/mol. The molecule has 0 spiro atoms. The molecule has 124 valence electrons. The Labute approximate surface area is 143 Å². The fraction of sp³-hybridized carbons (Fsp3) is 0.105. The number of aromatic nitrogens is 2. The predicted octanol–water partition coefficient (Wildman–Crippen LogP) is 3.34. The lowest BCUT2D eigenvalue weighted by atomic mass is 10.1. The summed E-state index contributed by atoms with van der Waals surface area (Å²) in [5.74, 6) is 0.385. The lowest BCUT2D eigenvalue weighted by molar-refractivity contribution is -0.120. The second-order valence-corrected chi connectivity index (χ2v) is 5.59. The van der Waals surface area contributed by atoms with Crippen LogP contribution in [0.15, 0.2) is 69.8 Å². The van der Waals surface area contributed by atoms with Gasteiger partial charge in [0.2, 0.25) is 11.8 Å². The molecule has 6 nitrogen and oxygen atoms in total. The van der Waals surface area contributed by atoms with Crippen LogP contribution in [0.4, 0.5) is 0 Å². The van der Waals surface area contributed by atoms with Crippen LogP contribution in [0.3, 0.4) is 0 Å². The standard InChI is InChI=1S/C19H15N3O3/c23-18(10-16-15-8-4-5-9-17(15)25-22-16)20-11-14-12-24-19(21-14)13-6-2-1-3-7-13/h1-9,12H,10-11H2,(H,20,23). The van der Waals surface area contributed by atoms with Gasteiger partial charge >= 0.3 is 0 Å². The number of para-hydroxylation sites is 1. The molecule has 1 amide bonds. The molecule has 0 radical (unpaired) electrons. The summed E-state index contributed by atoms with van der Waals surface area (Å²) < 4.78 is 10.7. The topological polar surface area (TPSA) is 81.2 Å². The van der Waals surface area contributed by atoms with Gasteiger partial charge in [0.25, 0.3) is 0 Å². The minimum atomic E-state index is -0.150. The number of carbonyl (C=O) groups is 1. The Morgan fingerprint density at radius 1 is 1.04 bits per heavy atom. The number of fused-ring (bicyclic) bond motifs is 1. The number of hydrogen-bond acceptors (Lipinski definition) is 5. The maximum absolute atomic E-state index is 12.2. The summed E-state index contributed by atoms with van der Waals surface area (Å²) in [6.07, 6.45) is 1.70. The van der Waals surface area contributed by atoms with Gasteiger partial charge in [0.15, 0.2) is 5.58 Å². The lowest BCUT2D eigenvalue weighted by Gasteiger charge is -2.01. The minimum absolute atomic E-state index is 0.150. The molecule has 2 heterocycles. The summed E-state index contributed by atoms with van der Waals surface area (Å²) in [5, 5.41) is 7.64. The van der Waals surface area contributed by atoms with E-state index in [1.807, 2.05) is 54.6 Å². The first-order valence-corrected chi connectivity index (χ1v) is 7.89.